The fourth-order valence-corrected chi connectivity index (χ4v) is 0.689. The Labute approximate surface area is 54.1 Å². The van der Waals surface area contributed by atoms with Crippen molar-refractivity contribution in [2.24, 2.45) is 0 Å². The van der Waals surface area contributed by atoms with Crippen LogP contribution in [0.4, 0.5) is 0 Å². The highest BCUT2D eigenvalue weighted by atomic mass is 16.1. The van der Waals surface area contributed by atoms with Crippen LogP contribution in [-0.2, 0) is 4.79 Å². The molecule has 0 amide bonds. The molecule has 3 nitrogen and oxygen atoms in total. The Morgan fingerprint density at radius 1 is 1.89 bits per heavy atom. The minimum absolute atomic E-state index is 0.286. The Kier molecular flexibility index (Phi) is 1.85. The van der Waals surface area contributed by atoms with Gasteiger partial charge in [-0.15, -0.1) is 0 Å². The van der Waals surface area contributed by atoms with Gasteiger partial charge in [0, 0.05) is 18.3 Å². The summed E-state index contributed by atoms with van der Waals surface area (Å²) >= 11 is 0. The molecule has 0 aromatic carbocycles. The molecule has 0 radical (unpaired) electrons. The van der Waals surface area contributed by atoms with E-state index in [9.17, 15) is 4.79 Å². The summed E-state index contributed by atoms with van der Waals surface area (Å²) in [7, 11) is 0. The zero-order chi connectivity index (χ0) is 6.69. The van der Waals surface area contributed by atoms with Gasteiger partial charge in [-0.25, -0.2) is 0 Å². The van der Waals surface area contributed by atoms with Crippen molar-refractivity contribution >= 4 is 6.29 Å². The summed E-state index contributed by atoms with van der Waals surface area (Å²) in [5, 5.41) is 6.05. The molecule has 1 atom stereocenters. The zero-order valence-electron chi connectivity index (χ0n) is 5.35. The molecule has 9 heavy (non-hydrogen) atoms. The quantitative estimate of drug-likeness (QED) is 0.470. The highest BCUT2D eigenvalue weighted by Gasteiger charge is 2.05. The second-order valence-electron chi connectivity index (χ2n) is 2.11. The van der Waals surface area contributed by atoms with Gasteiger partial charge < -0.3 is 5.32 Å². The zero-order valence-corrected chi connectivity index (χ0v) is 5.35. The van der Waals surface area contributed by atoms with Crippen LogP contribution in [0.5, 0.6) is 0 Å². The molecule has 50 valence electrons. The molecule has 3 heteroatoms. The number of hydrogen-bond acceptors (Lipinski definition) is 3. The summed E-state index contributed by atoms with van der Waals surface area (Å²) in [6.07, 6.45) is 2.88. The van der Waals surface area contributed by atoms with Crippen molar-refractivity contribution in [2.45, 2.75) is 13.1 Å². The first-order valence-corrected chi connectivity index (χ1v) is 2.96. The van der Waals surface area contributed by atoms with Crippen molar-refractivity contribution in [1.29, 1.82) is 0 Å². The van der Waals surface area contributed by atoms with Crippen LogP contribution < -0.4 is 10.6 Å². The van der Waals surface area contributed by atoms with Crippen LogP contribution in [0.15, 0.2) is 11.8 Å². The first-order chi connectivity index (χ1) is 4.33. The SMILES string of the molecule is CC1NC=C(C=O)CN1. The van der Waals surface area contributed by atoms with E-state index in [1.165, 1.54) is 0 Å². The van der Waals surface area contributed by atoms with E-state index in [-0.39, 0.29) is 6.17 Å². The molecule has 1 heterocycles. The molecule has 0 aromatic heterocycles. The lowest BCUT2D eigenvalue weighted by atomic mass is 10.3. The van der Waals surface area contributed by atoms with Crippen LogP contribution in [0.2, 0.25) is 0 Å². The second kappa shape index (κ2) is 2.64. The molecule has 0 bridgehead atoms. The van der Waals surface area contributed by atoms with E-state index in [1.807, 2.05) is 6.92 Å². The summed E-state index contributed by atoms with van der Waals surface area (Å²) in [6, 6.07) is 0. The van der Waals surface area contributed by atoms with Gasteiger partial charge in [-0.1, -0.05) is 0 Å². The Bertz CT molecular complexity index is 142. The summed E-state index contributed by atoms with van der Waals surface area (Å²) in [6.45, 7) is 2.68. The third-order valence-electron chi connectivity index (χ3n) is 1.28. The minimum atomic E-state index is 0.286. The van der Waals surface area contributed by atoms with Gasteiger partial charge in [0.2, 0.25) is 0 Å². The molecule has 1 aliphatic rings. The average molecular weight is 126 g/mol. The van der Waals surface area contributed by atoms with Gasteiger partial charge in [0.1, 0.15) is 6.29 Å². The summed E-state index contributed by atoms with van der Waals surface area (Å²) in [5.41, 5.74) is 0.771. The Morgan fingerprint density at radius 2 is 2.67 bits per heavy atom. The lowest BCUT2D eigenvalue weighted by Crippen LogP contribution is -2.42. The molecule has 1 rings (SSSR count). The van der Waals surface area contributed by atoms with E-state index in [0.717, 1.165) is 11.9 Å². The molecule has 0 aliphatic carbocycles. The predicted octanol–water partition coefficient (Wildman–Crippen LogP) is -0.392. The molecule has 0 spiro atoms. The van der Waals surface area contributed by atoms with Crippen molar-refractivity contribution in [3.8, 4) is 0 Å². The van der Waals surface area contributed by atoms with E-state index in [4.69, 9.17) is 0 Å². The van der Waals surface area contributed by atoms with Gasteiger partial charge in [0.15, 0.2) is 0 Å². The van der Waals surface area contributed by atoms with E-state index in [1.54, 1.807) is 6.20 Å². The Hall–Kier alpha value is -0.830. The first-order valence-electron chi connectivity index (χ1n) is 2.96. The lowest BCUT2D eigenvalue weighted by Gasteiger charge is -2.19. The first kappa shape index (κ1) is 6.29. The van der Waals surface area contributed by atoms with Gasteiger partial charge >= 0.3 is 0 Å². The van der Waals surface area contributed by atoms with Gasteiger partial charge in [-0.05, 0) is 6.92 Å². The lowest BCUT2D eigenvalue weighted by molar-refractivity contribution is -0.105. The Morgan fingerprint density at radius 3 is 3.11 bits per heavy atom. The smallest absolute Gasteiger partial charge is 0.148 e. The van der Waals surface area contributed by atoms with Crippen molar-refractivity contribution in [3.63, 3.8) is 0 Å². The fourth-order valence-electron chi connectivity index (χ4n) is 0.689. The van der Waals surface area contributed by atoms with E-state index in [2.05, 4.69) is 10.6 Å². The van der Waals surface area contributed by atoms with Gasteiger partial charge in [0.25, 0.3) is 0 Å². The molecular weight excluding hydrogens is 116 g/mol. The number of aldehydes is 1. The normalized spacial score (nSPS) is 26.3. The van der Waals surface area contributed by atoms with Crippen LogP contribution in [-0.4, -0.2) is 19.0 Å². The topological polar surface area (TPSA) is 41.1 Å². The van der Waals surface area contributed by atoms with Crippen molar-refractivity contribution in [3.05, 3.63) is 11.8 Å². The van der Waals surface area contributed by atoms with Crippen LogP contribution in [0.3, 0.4) is 0 Å². The third-order valence-corrected chi connectivity index (χ3v) is 1.28. The van der Waals surface area contributed by atoms with E-state index < -0.39 is 0 Å². The second-order valence-corrected chi connectivity index (χ2v) is 2.11. The molecule has 2 N–H and O–H groups in total. The molecule has 0 fully saturated rings. The largest absolute Gasteiger partial charge is 0.376 e. The number of carbonyl (C=O) groups is 1. The van der Waals surface area contributed by atoms with Crippen LogP contribution in [0, 0.1) is 0 Å². The third kappa shape index (κ3) is 1.54. The molecule has 0 saturated heterocycles. The monoisotopic (exact) mass is 126 g/mol. The average Bonchev–Trinajstić information content (AvgIpc) is 1.90. The predicted molar refractivity (Wildman–Crippen MR) is 34.7 cm³/mol. The summed E-state index contributed by atoms with van der Waals surface area (Å²) in [4.78, 5) is 10.1. The molecule has 0 saturated carbocycles. The van der Waals surface area contributed by atoms with Gasteiger partial charge in [-0.3, -0.25) is 10.1 Å². The summed E-state index contributed by atoms with van der Waals surface area (Å²) in [5.74, 6) is 0. The van der Waals surface area contributed by atoms with E-state index in [0.29, 0.717) is 6.54 Å². The van der Waals surface area contributed by atoms with Crippen LogP contribution in [0.25, 0.3) is 0 Å². The molecular formula is C6H10N2O. The molecule has 0 aromatic rings. The summed E-state index contributed by atoms with van der Waals surface area (Å²) < 4.78 is 0. The Balaban J connectivity index is 2.49. The standard InChI is InChI=1S/C6H10N2O/c1-5-7-2-6(4-9)3-8-5/h2,4-5,7-8H,3H2,1H3. The molecule has 1 aliphatic heterocycles. The maximum atomic E-state index is 10.1. The van der Waals surface area contributed by atoms with Crippen LogP contribution >= 0.6 is 0 Å². The highest BCUT2D eigenvalue weighted by Crippen LogP contribution is 1.91. The molecule has 1 unspecified atom stereocenters. The van der Waals surface area contributed by atoms with Gasteiger partial charge in [-0.2, -0.15) is 0 Å². The van der Waals surface area contributed by atoms with Crippen LogP contribution in [0.1, 0.15) is 6.92 Å². The maximum absolute atomic E-state index is 10.1. The number of carbonyl (C=O) groups excluding carboxylic acids is 1. The number of hydrogen-bond donors (Lipinski definition) is 2. The highest BCUT2D eigenvalue weighted by molar-refractivity contribution is 5.73. The van der Waals surface area contributed by atoms with Crippen molar-refractivity contribution in [2.75, 3.05) is 6.54 Å². The number of nitrogens with one attached hydrogen (secondary N) is 2. The van der Waals surface area contributed by atoms with Crippen molar-refractivity contribution < 1.29 is 4.79 Å². The number of rotatable bonds is 1. The minimum Gasteiger partial charge on any atom is -0.376 e. The fraction of sp³-hybridized carbons (Fsp3) is 0.500. The maximum Gasteiger partial charge on any atom is 0.148 e. The van der Waals surface area contributed by atoms with E-state index >= 15 is 0 Å². The van der Waals surface area contributed by atoms with Crippen molar-refractivity contribution in [1.82, 2.24) is 10.6 Å². The van der Waals surface area contributed by atoms with Gasteiger partial charge in [0.05, 0.1) is 6.17 Å².